The van der Waals surface area contributed by atoms with E-state index in [4.69, 9.17) is 0 Å². The Morgan fingerprint density at radius 2 is 2.04 bits per heavy atom. The Balaban J connectivity index is 1.51. The molecule has 4 rings (SSSR count). The molecule has 2 aromatic heterocycles. The summed E-state index contributed by atoms with van der Waals surface area (Å²) in [6.45, 7) is 1.30. The highest BCUT2D eigenvalue weighted by atomic mass is 19.1. The van der Waals surface area contributed by atoms with Gasteiger partial charge in [-0.1, -0.05) is 12.1 Å². The molecule has 0 saturated heterocycles. The number of hydrogen-bond acceptors (Lipinski definition) is 2. The van der Waals surface area contributed by atoms with E-state index in [0.717, 1.165) is 28.7 Å². The van der Waals surface area contributed by atoms with Gasteiger partial charge in [0, 0.05) is 30.9 Å². The minimum absolute atomic E-state index is 0.0981. The third kappa shape index (κ3) is 3.71. The molecule has 1 amide bonds. The highest BCUT2D eigenvalue weighted by Crippen LogP contribution is 2.30. The summed E-state index contributed by atoms with van der Waals surface area (Å²) in [6, 6.07) is 10.2. The van der Waals surface area contributed by atoms with Crippen LogP contribution < -0.4 is 0 Å². The van der Waals surface area contributed by atoms with E-state index in [1.54, 1.807) is 18.3 Å². The van der Waals surface area contributed by atoms with E-state index in [0.29, 0.717) is 18.9 Å². The molecule has 1 fully saturated rings. The second kappa shape index (κ2) is 6.67. The lowest BCUT2D eigenvalue weighted by atomic mass is 10.1. The van der Waals surface area contributed by atoms with Crippen LogP contribution in [0.3, 0.4) is 0 Å². The van der Waals surface area contributed by atoms with Gasteiger partial charge in [-0.3, -0.25) is 4.79 Å². The first-order valence-corrected chi connectivity index (χ1v) is 8.62. The zero-order valence-electron chi connectivity index (χ0n) is 13.9. The highest BCUT2D eigenvalue weighted by Gasteiger charge is 2.27. The molecule has 0 aliphatic heterocycles. The summed E-state index contributed by atoms with van der Waals surface area (Å²) < 4.78 is 13.1. The molecule has 2 heterocycles. The molecule has 1 aromatic carbocycles. The van der Waals surface area contributed by atoms with Crippen molar-refractivity contribution in [2.75, 3.05) is 6.54 Å². The zero-order valence-corrected chi connectivity index (χ0v) is 13.9. The molecule has 0 atom stereocenters. The molecule has 0 bridgehead atoms. The van der Waals surface area contributed by atoms with Gasteiger partial charge in [0.2, 0.25) is 5.91 Å². The van der Waals surface area contributed by atoms with Gasteiger partial charge in [-0.15, -0.1) is 0 Å². The molecular formula is C20H20FN3O. The number of halogens is 1. The van der Waals surface area contributed by atoms with Gasteiger partial charge in [-0.2, -0.15) is 0 Å². The van der Waals surface area contributed by atoms with Crippen LogP contribution in [0.4, 0.5) is 4.39 Å². The van der Waals surface area contributed by atoms with E-state index in [1.165, 1.54) is 25.0 Å². The molecule has 4 nitrogen and oxygen atoms in total. The Hall–Kier alpha value is -2.69. The fourth-order valence-electron chi connectivity index (χ4n) is 3.11. The minimum atomic E-state index is -0.255. The smallest absolute Gasteiger partial charge is 0.227 e. The molecule has 1 saturated carbocycles. The maximum atomic E-state index is 13.1. The lowest BCUT2D eigenvalue weighted by Crippen LogP contribution is -2.33. The zero-order chi connectivity index (χ0) is 17.2. The van der Waals surface area contributed by atoms with Crippen molar-refractivity contribution in [2.45, 2.75) is 25.8 Å². The van der Waals surface area contributed by atoms with Gasteiger partial charge in [0.05, 0.1) is 6.42 Å². The van der Waals surface area contributed by atoms with Crippen molar-refractivity contribution in [3.63, 3.8) is 0 Å². The van der Waals surface area contributed by atoms with Gasteiger partial charge in [-0.05, 0) is 54.2 Å². The topological polar surface area (TPSA) is 49.0 Å². The molecular weight excluding hydrogens is 317 g/mol. The van der Waals surface area contributed by atoms with Crippen LogP contribution in [0.5, 0.6) is 0 Å². The van der Waals surface area contributed by atoms with Crippen molar-refractivity contribution in [2.24, 2.45) is 5.92 Å². The van der Waals surface area contributed by atoms with Crippen molar-refractivity contribution in [3.8, 4) is 0 Å². The number of benzene rings is 1. The predicted octanol–water partition coefficient (Wildman–Crippen LogP) is 3.68. The maximum absolute atomic E-state index is 13.1. The molecule has 0 radical (unpaired) electrons. The Morgan fingerprint density at radius 3 is 2.80 bits per heavy atom. The van der Waals surface area contributed by atoms with Crippen molar-refractivity contribution >= 4 is 16.9 Å². The van der Waals surface area contributed by atoms with Crippen LogP contribution in [-0.4, -0.2) is 27.3 Å². The number of aromatic amines is 1. The second-order valence-corrected chi connectivity index (χ2v) is 6.73. The van der Waals surface area contributed by atoms with Gasteiger partial charge >= 0.3 is 0 Å². The van der Waals surface area contributed by atoms with Crippen LogP contribution >= 0.6 is 0 Å². The van der Waals surface area contributed by atoms with Crippen LogP contribution in [0, 0.1) is 11.7 Å². The number of carbonyl (C=O) groups is 1. The summed E-state index contributed by atoms with van der Waals surface area (Å²) >= 11 is 0. The largest absolute Gasteiger partial charge is 0.346 e. The van der Waals surface area contributed by atoms with Crippen LogP contribution in [-0.2, 0) is 17.8 Å². The Labute approximate surface area is 145 Å². The fraction of sp³-hybridized carbons (Fsp3) is 0.300. The predicted molar refractivity (Wildman–Crippen MR) is 94.3 cm³/mol. The van der Waals surface area contributed by atoms with Crippen molar-refractivity contribution in [1.82, 2.24) is 14.9 Å². The van der Waals surface area contributed by atoms with E-state index in [1.807, 2.05) is 23.2 Å². The first kappa shape index (κ1) is 15.8. The SMILES string of the molecule is O=C(Cc1c[nH]c2ncccc12)N(Cc1ccc(F)cc1)CC1CC1. The third-order valence-electron chi connectivity index (χ3n) is 4.69. The van der Waals surface area contributed by atoms with Crippen molar-refractivity contribution in [1.29, 1.82) is 0 Å². The summed E-state index contributed by atoms with van der Waals surface area (Å²) in [4.78, 5) is 22.2. The monoisotopic (exact) mass is 337 g/mol. The van der Waals surface area contributed by atoms with Gasteiger partial charge in [0.1, 0.15) is 11.5 Å². The number of pyridine rings is 1. The molecule has 25 heavy (non-hydrogen) atoms. The summed E-state index contributed by atoms with van der Waals surface area (Å²) in [5, 5.41) is 0.990. The van der Waals surface area contributed by atoms with Crippen molar-refractivity contribution < 1.29 is 9.18 Å². The molecule has 1 aliphatic carbocycles. The van der Waals surface area contributed by atoms with Crippen molar-refractivity contribution in [3.05, 3.63) is 65.7 Å². The number of fused-ring (bicyclic) bond motifs is 1. The Morgan fingerprint density at radius 1 is 1.24 bits per heavy atom. The number of aromatic nitrogens is 2. The lowest BCUT2D eigenvalue weighted by molar-refractivity contribution is -0.131. The molecule has 0 spiro atoms. The highest BCUT2D eigenvalue weighted by molar-refractivity contribution is 5.87. The van der Waals surface area contributed by atoms with Gasteiger partial charge in [-0.25, -0.2) is 9.37 Å². The molecule has 0 unspecified atom stereocenters. The summed E-state index contributed by atoms with van der Waals surface area (Å²) in [5.74, 6) is 0.449. The molecule has 128 valence electrons. The average molecular weight is 337 g/mol. The minimum Gasteiger partial charge on any atom is -0.346 e. The fourth-order valence-corrected chi connectivity index (χ4v) is 3.11. The first-order chi connectivity index (χ1) is 12.2. The summed E-state index contributed by atoms with van der Waals surface area (Å²) in [5.41, 5.74) is 2.72. The Bertz CT molecular complexity index is 883. The van der Waals surface area contributed by atoms with E-state index < -0.39 is 0 Å². The van der Waals surface area contributed by atoms with Crippen LogP contribution in [0.15, 0.2) is 48.8 Å². The Kier molecular flexibility index (Phi) is 4.22. The molecule has 1 N–H and O–H groups in total. The molecule has 1 aliphatic rings. The standard InChI is InChI=1S/C20H20FN3O/c21-17-7-5-15(6-8-17)13-24(12-14-3-4-14)19(25)10-16-11-23-20-18(16)2-1-9-22-20/h1-2,5-9,11,14H,3-4,10,12-13H2,(H,22,23). The average Bonchev–Trinajstić information content (AvgIpc) is 3.36. The number of nitrogens with one attached hydrogen (secondary N) is 1. The van der Waals surface area contributed by atoms with Crippen LogP contribution in [0.2, 0.25) is 0 Å². The van der Waals surface area contributed by atoms with Crippen LogP contribution in [0.25, 0.3) is 11.0 Å². The van der Waals surface area contributed by atoms with Gasteiger partial charge in [0.25, 0.3) is 0 Å². The van der Waals surface area contributed by atoms with E-state index in [2.05, 4.69) is 9.97 Å². The number of H-pyrrole nitrogens is 1. The summed E-state index contributed by atoms with van der Waals surface area (Å²) in [6.07, 6.45) is 6.31. The second-order valence-electron chi connectivity index (χ2n) is 6.73. The molecule has 3 aromatic rings. The normalized spacial score (nSPS) is 14.0. The number of hydrogen-bond donors (Lipinski definition) is 1. The van der Waals surface area contributed by atoms with Gasteiger partial charge in [0.15, 0.2) is 0 Å². The lowest BCUT2D eigenvalue weighted by Gasteiger charge is -2.23. The van der Waals surface area contributed by atoms with Gasteiger partial charge < -0.3 is 9.88 Å². The van der Waals surface area contributed by atoms with E-state index in [-0.39, 0.29) is 11.7 Å². The number of nitrogens with zero attached hydrogens (tertiary/aromatic N) is 2. The maximum Gasteiger partial charge on any atom is 0.227 e. The molecule has 5 heteroatoms. The number of carbonyl (C=O) groups excluding carboxylic acids is 1. The number of rotatable bonds is 6. The van der Waals surface area contributed by atoms with E-state index >= 15 is 0 Å². The van der Waals surface area contributed by atoms with Crippen LogP contribution in [0.1, 0.15) is 24.0 Å². The number of amides is 1. The summed E-state index contributed by atoms with van der Waals surface area (Å²) in [7, 11) is 0. The first-order valence-electron chi connectivity index (χ1n) is 8.62. The van der Waals surface area contributed by atoms with E-state index in [9.17, 15) is 9.18 Å². The quantitative estimate of drug-likeness (QED) is 0.746. The third-order valence-corrected chi connectivity index (χ3v) is 4.69.